The molecule has 0 radical (unpaired) electrons. The molecule has 0 amide bonds. The molecule has 0 unspecified atom stereocenters. The predicted octanol–water partition coefficient (Wildman–Crippen LogP) is 3.72. The van der Waals surface area contributed by atoms with Crippen LogP contribution in [-0.4, -0.2) is 16.0 Å². The topological polar surface area (TPSA) is 42.2 Å². The quantitative estimate of drug-likeness (QED) is 0.723. The summed E-state index contributed by atoms with van der Waals surface area (Å²) in [7, 11) is 0. The maximum absolute atomic E-state index is 11.0. The van der Waals surface area contributed by atoms with E-state index in [1.165, 1.54) is 0 Å². The van der Waals surface area contributed by atoms with Gasteiger partial charge in [-0.2, -0.15) is 0 Å². The fourth-order valence-electron chi connectivity index (χ4n) is 2.66. The van der Waals surface area contributed by atoms with E-state index in [0.717, 1.165) is 34.8 Å². The Morgan fingerprint density at radius 1 is 1.16 bits per heavy atom. The van der Waals surface area contributed by atoms with Crippen LogP contribution in [0.4, 0.5) is 0 Å². The normalized spacial score (nSPS) is 11.2. The van der Waals surface area contributed by atoms with Gasteiger partial charge in [0, 0.05) is 28.9 Å². The first-order valence-corrected chi connectivity index (χ1v) is 6.45. The molecule has 0 aliphatic rings. The van der Waals surface area contributed by atoms with E-state index in [2.05, 4.69) is 23.6 Å². The Labute approximate surface area is 111 Å². The Hall–Kier alpha value is -2.29. The molecule has 0 saturated carbocycles. The van der Waals surface area contributed by atoms with Crippen LogP contribution in [0.3, 0.4) is 0 Å². The minimum atomic E-state index is 0.0441. The highest BCUT2D eigenvalue weighted by molar-refractivity contribution is 6.10. The number of fused-ring (bicyclic) bond motifs is 3. The van der Waals surface area contributed by atoms with Crippen molar-refractivity contribution in [2.75, 3.05) is 0 Å². The summed E-state index contributed by atoms with van der Waals surface area (Å²) in [5.74, 6) is 0.0441. The van der Waals surface area contributed by atoms with E-state index in [4.69, 9.17) is 0 Å². The van der Waals surface area contributed by atoms with Gasteiger partial charge in [0.25, 0.3) is 0 Å². The number of carbonyl (C=O) groups is 1. The number of hydrogen-bond donors (Lipinski definition) is 1. The summed E-state index contributed by atoms with van der Waals surface area (Å²) in [6.07, 6.45) is 1.71. The van der Waals surface area contributed by atoms with Crippen LogP contribution in [0.1, 0.15) is 23.7 Å². The first-order valence-electron chi connectivity index (χ1n) is 6.45. The number of phenols is 1. The molecule has 0 fully saturated rings. The summed E-state index contributed by atoms with van der Waals surface area (Å²) in [5.41, 5.74) is 2.46. The number of aromatic hydroxyl groups is 1. The summed E-state index contributed by atoms with van der Waals surface area (Å²) in [6, 6.07) is 11.6. The summed E-state index contributed by atoms with van der Waals surface area (Å²) in [5, 5.41) is 12.0. The molecule has 0 saturated heterocycles. The molecule has 0 bridgehead atoms. The summed E-state index contributed by atoms with van der Waals surface area (Å²) < 4.78 is 2.19. The molecule has 2 aromatic carbocycles. The van der Waals surface area contributed by atoms with Gasteiger partial charge >= 0.3 is 0 Å². The highest BCUT2D eigenvalue weighted by Gasteiger charge is 2.12. The van der Waals surface area contributed by atoms with Gasteiger partial charge in [-0.3, -0.25) is 4.79 Å². The average molecular weight is 253 g/mol. The second kappa shape index (κ2) is 4.43. The number of aryl methyl sites for hydroxylation is 1. The van der Waals surface area contributed by atoms with E-state index < -0.39 is 0 Å². The third-order valence-electron chi connectivity index (χ3n) is 3.49. The number of hydrogen-bond acceptors (Lipinski definition) is 2. The van der Waals surface area contributed by atoms with Crippen molar-refractivity contribution >= 4 is 28.1 Å². The van der Waals surface area contributed by atoms with Crippen LogP contribution in [0.15, 0.2) is 36.4 Å². The number of para-hydroxylation sites is 1. The van der Waals surface area contributed by atoms with Crippen molar-refractivity contribution in [2.24, 2.45) is 0 Å². The van der Waals surface area contributed by atoms with Crippen LogP contribution < -0.4 is 0 Å². The van der Waals surface area contributed by atoms with Crippen molar-refractivity contribution in [3.05, 3.63) is 42.0 Å². The smallest absolute Gasteiger partial charge is 0.153 e. The first kappa shape index (κ1) is 11.8. The Bertz CT molecular complexity index is 771. The van der Waals surface area contributed by atoms with Crippen molar-refractivity contribution in [3.63, 3.8) is 0 Å². The van der Waals surface area contributed by atoms with Crippen molar-refractivity contribution in [1.82, 2.24) is 4.57 Å². The van der Waals surface area contributed by atoms with Crippen molar-refractivity contribution < 1.29 is 9.90 Å². The Kier molecular flexibility index (Phi) is 2.75. The van der Waals surface area contributed by atoms with Crippen LogP contribution in [0.5, 0.6) is 5.75 Å². The van der Waals surface area contributed by atoms with Crippen molar-refractivity contribution in [1.29, 1.82) is 0 Å². The lowest BCUT2D eigenvalue weighted by Crippen LogP contribution is -1.95. The molecule has 3 aromatic rings. The molecule has 1 N–H and O–H groups in total. The van der Waals surface area contributed by atoms with Gasteiger partial charge in [-0.15, -0.1) is 0 Å². The summed E-state index contributed by atoms with van der Waals surface area (Å²) >= 11 is 0. The SMILES string of the molecule is CCCn1c2ccccc2c2cc(C=O)c(O)cc21. The average Bonchev–Trinajstić information content (AvgIpc) is 2.73. The van der Waals surface area contributed by atoms with Gasteiger partial charge < -0.3 is 9.67 Å². The third-order valence-corrected chi connectivity index (χ3v) is 3.49. The van der Waals surface area contributed by atoms with Crippen LogP contribution in [0.2, 0.25) is 0 Å². The van der Waals surface area contributed by atoms with E-state index in [1.807, 2.05) is 12.1 Å². The zero-order chi connectivity index (χ0) is 13.4. The van der Waals surface area contributed by atoms with Gasteiger partial charge in [-0.05, 0) is 18.6 Å². The Morgan fingerprint density at radius 2 is 1.95 bits per heavy atom. The van der Waals surface area contributed by atoms with Crippen molar-refractivity contribution in [2.45, 2.75) is 19.9 Å². The standard InChI is InChI=1S/C16H15NO2/c1-2-7-17-14-6-4-3-5-12(14)13-8-11(10-18)16(19)9-15(13)17/h3-6,8-10,19H,2,7H2,1H3. The fourth-order valence-corrected chi connectivity index (χ4v) is 2.66. The highest BCUT2D eigenvalue weighted by atomic mass is 16.3. The van der Waals surface area contributed by atoms with E-state index >= 15 is 0 Å². The maximum Gasteiger partial charge on any atom is 0.153 e. The van der Waals surface area contributed by atoms with Gasteiger partial charge in [0.2, 0.25) is 0 Å². The van der Waals surface area contributed by atoms with Crippen LogP contribution in [-0.2, 0) is 6.54 Å². The number of aldehydes is 1. The van der Waals surface area contributed by atoms with Crippen LogP contribution in [0.25, 0.3) is 21.8 Å². The molecule has 0 aliphatic heterocycles. The summed E-state index contributed by atoms with van der Waals surface area (Å²) in [6.45, 7) is 3.02. The van der Waals surface area contributed by atoms with E-state index in [0.29, 0.717) is 11.8 Å². The molecule has 3 nitrogen and oxygen atoms in total. The lowest BCUT2D eigenvalue weighted by molar-refractivity contribution is 0.112. The largest absolute Gasteiger partial charge is 0.507 e. The second-order valence-corrected chi connectivity index (χ2v) is 4.71. The third kappa shape index (κ3) is 1.70. The number of rotatable bonds is 3. The second-order valence-electron chi connectivity index (χ2n) is 4.71. The molecule has 96 valence electrons. The maximum atomic E-state index is 11.0. The molecule has 1 aromatic heterocycles. The highest BCUT2D eigenvalue weighted by Crippen LogP contribution is 2.33. The Balaban J connectivity index is 2.48. The molecule has 0 atom stereocenters. The first-order chi connectivity index (χ1) is 9.26. The fraction of sp³-hybridized carbons (Fsp3) is 0.188. The lowest BCUT2D eigenvalue weighted by Gasteiger charge is -2.05. The predicted molar refractivity (Wildman–Crippen MR) is 76.8 cm³/mol. The molecule has 1 heterocycles. The number of carbonyl (C=O) groups excluding carboxylic acids is 1. The van der Waals surface area contributed by atoms with E-state index in [1.54, 1.807) is 12.1 Å². The molecule has 0 spiro atoms. The van der Waals surface area contributed by atoms with Gasteiger partial charge in [-0.1, -0.05) is 25.1 Å². The molecule has 3 heteroatoms. The minimum absolute atomic E-state index is 0.0441. The number of nitrogens with zero attached hydrogens (tertiary/aromatic N) is 1. The van der Waals surface area contributed by atoms with E-state index in [9.17, 15) is 9.90 Å². The lowest BCUT2D eigenvalue weighted by atomic mass is 10.1. The summed E-state index contributed by atoms with van der Waals surface area (Å²) in [4.78, 5) is 11.0. The molecule has 19 heavy (non-hydrogen) atoms. The number of benzene rings is 2. The van der Waals surface area contributed by atoms with Gasteiger partial charge in [0.1, 0.15) is 5.75 Å². The van der Waals surface area contributed by atoms with Gasteiger partial charge in [-0.25, -0.2) is 0 Å². The number of phenolic OH excluding ortho intramolecular Hbond substituents is 1. The Morgan fingerprint density at radius 3 is 2.68 bits per heavy atom. The van der Waals surface area contributed by atoms with E-state index in [-0.39, 0.29) is 5.75 Å². The monoisotopic (exact) mass is 253 g/mol. The van der Waals surface area contributed by atoms with Crippen molar-refractivity contribution in [3.8, 4) is 5.75 Å². The van der Waals surface area contributed by atoms with Crippen LogP contribution >= 0.6 is 0 Å². The molecule has 0 aliphatic carbocycles. The van der Waals surface area contributed by atoms with Crippen LogP contribution in [0, 0.1) is 0 Å². The number of aromatic nitrogens is 1. The molecular formula is C16H15NO2. The molecular weight excluding hydrogens is 238 g/mol. The molecule has 3 rings (SSSR count). The zero-order valence-electron chi connectivity index (χ0n) is 10.8. The van der Waals surface area contributed by atoms with Gasteiger partial charge in [0.15, 0.2) is 6.29 Å². The van der Waals surface area contributed by atoms with Gasteiger partial charge in [0.05, 0.1) is 11.1 Å². The minimum Gasteiger partial charge on any atom is -0.507 e. The zero-order valence-corrected chi connectivity index (χ0v) is 10.8.